The van der Waals surface area contributed by atoms with Crippen LogP contribution in [0.1, 0.15) is 43.0 Å². The standard InChI is InChI=1S/C24H28N2O4S/c1-2-3-13-29-14-15-30-20(27)16-26-22(17-9-5-4-6-10-17)25-23-21(24(26)28)18-11-7-8-12-19(18)31-23/h4-6,9-10H,2-3,7-8,11-16H2,1H3. The van der Waals surface area contributed by atoms with Gasteiger partial charge in [-0.15, -0.1) is 11.3 Å². The molecule has 0 aliphatic heterocycles. The van der Waals surface area contributed by atoms with Crippen LogP contribution in [0.25, 0.3) is 21.6 Å². The summed E-state index contributed by atoms with van der Waals surface area (Å²) >= 11 is 1.62. The molecular weight excluding hydrogens is 412 g/mol. The van der Waals surface area contributed by atoms with Gasteiger partial charge in [0.15, 0.2) is 0 Å². The Balaban J connectivity index is 1.63. The molecule has 4 rings (SSSR count). The number of fused-ring (bicyclic) bond motifs is 3. The maximum Gasteiger partial charge on any atom is 0.326 e. The summed E-state index contributed by atoms with van der Waals surface area (Å²) < 4.78 is 12.2. The molecule has 0 spiro atoms. The maximum absolute atomic E-state index is 13.5. The van der Waals surface area contributed by atoms with Crippen LogP contribution in [0.4, 0.5) is 0 Å². The van der Waals surface area contributed by atoms with Crippen LogP contribution < -0.4 is 5.56 Å². The highest BCUT2D eigenvalue weighted by Gasteiger charge is 2.23. The molecule has 1 aromatic carbocycles. The molecule has 1 aliphatic carbocycles. The number of nitrogens with zero attached hydrogens (tertiary/aromatic N) is 2. The number of unbranched alkanes of at least 4 members (excludes halogenated alkanes) is 1. The van der Waals surface area contributed by atoms with E-state index in [0.717, 1.165) is 54.5 Å². The summed E-state index contributed by atoms with van der Waals surface area (Å²) in [6.45, 7) is 3.14. The van der Waals surface area contributed by atoms with Crippen LogP contribution in [0.2, 0.25) is 0 Å². The molecule has 3 aromatic rings. The van der Waals surface area contributed by atoms with Crippen LogP contribution in [0.15, 0.2) is 35.1 Å². The van der Waals surface area contributed by atoms with Gasteiger partial charge in [-0.2, -0.15) is 0 Å². The Morgan fingerprint density at radius 2 is 1.94 bits per heavy atom. The Hall–Kier alpha value is -2.51. The van der Waals surface area contributed by atoms with Crippen molar-refractivity contribution in [3.63, 3.8) is 0 Å². The van der Waals surface area contributed by atoms with Crippen molar-refractivity contribution in [3.8, 4) is 11.4 Å². The summed E-state index contributed by atoms with van der Waals surface area (Å²) in [4.78, 5) is 32.9. The highest BCUT2D eigenvalue weighted by Crippen LogP contribution is 2.34. The molecule has 0 radical (unpaired) electrons. The van der Waals surface area contributed by atoms with Gasteiger partial charge >= 0.3 is 5.97 Å². The van der Waals surface area contributed by atoms with Gasteiger partial charge in [-0.05, 0) is 37.7 Å². The van der Waals surface area contributed by atoms with Gasteiger partial charge in [0, 0.05) is 17.0 Å². The highest BCUT2D eigenvalue weighted by molar-refractivity contribution is 7.18. The largest absolute Gasteiger partial charge is 0.462 e. The molecule has 2 aromatic heterocycles. The van der Waals surface area contributed by atoms with Crippen molar-refractivity contribution in [2.75, 3.05) is 19.8 Å². The van der Waals surface area contributed by atoms with Gasteiger partial charge in [-0.3, -0.25) is 14.2 Å². The highest BCUT2D eigenvalue weighted by atomic mass is 32.1. The summed E-state index contributed by atoms with van der Waals surface area (Å²) in [5.74, 6) is 0.0523. The van der Waals surface area contributed by atoms with Gasteiger partial charge in [0.25, 0.3) is 5.56 Å². The van der Waals surface area contributed by atoms with Gasteiger partial charge < -0.3 is 9.47 Å². The molecule has 6 nitrogen and oxygen atoms in total. The number of rotatable bonds is 9. The monoisotopic (exact) mass is 440 g/mol. The average molecular weight is 441 g/mol. The average Bonchev–Trinajstić information content (AvgIpc) is 3.17. The zero-order valence-corrected chi connectivity index (χ0v) is 18.7. The van der Waals surface area contributed by atoms with Gasteiger partial charge in [0.1, 0.15) is 23.8 Å². The summed E-state index contributed by atoms with van der Waals surface area (Å²) in [6.07, 6.45) is 6.17. The Morgan fingerprint density at radius 3 is 2.74 bits per heavy atom. The summed E-state index contributed by atoms with van der Waals surface area (Å²) in [6, 6.07) is 9.54. The minimum absolute atomic E-state index is 0.153. The fraction of sp³-hybridized carbons (Fsp3) is 0.458. The lowest BCUT2D eigenvalue weighted by atomic mass is 9.97. The maximum atomic E-state index is 13.5. The smallest absolute Gasteiger partial charge is 0.326 e. The first-order valence-electron chi connectivity index (χ1n) is 11.0. The normalized spacial score (nSPS) is 13.3. The van der Waals surface area contributed by atoms with E-state index in [4.69, 9.17) is 14.5 Å². The number of aryl methyl sites for hydroxylation is 2. The number of carbonyl (C=O) groups excluding carboxylic acids is 1. The number of benzene rings is 1. The van der Waals surface area contributed by atoms with E-state index in [1.54, 1.807) is 11.3 Å². The van der Waals surface area contributed by atoms with Crippen molar-refractivity contribution in [2.24, 2.45) is 0 Å². The molecule has 0 bridgehead atoms. The Morgan fingerprint density at radius 1 is 1.13 bits per heavy atom. The summed E-state index contributed by atoms with van der Waals surface area (Å²) in [5, 5.41) is 0.676. The Bertz CT molecular complexity index is 1100. The fourth-order valence-electron chi connectivity index (χ4n) is 3.93. The van der Waals surface area contributed by atoms with Crippen LogP contribution in [0, 0.1) is 0 Å². The zero-order valence-electron chi connectivity index (χ0n) is 17.9. The Labute approximate surface area is 185 Å². The predicted octanol–water partition coefficient (Wildman–Crippen LogP) is 4.36. The third-order valence-electron chi connectivity index (χ3n) is 5.53. The van der Waals surface area contributed by atoms with E-state index in [0.29, 0.717) is 24.4 Å². The molecule has 1 aliphatic rings. The molecule has 0 saturated carbocycles. The van der Waals surface area contributed by atoms with Crippen molar-refractivity contribution < 1.29 is 14.3 Å². The fourth-order valence-corrected chi connectivity index (χ4v) is 5.18. The Kier molecular flexibility index (Phi) is 7.14. The van der Waals surface area contributed by atoms with Crippen molar-refractivity contribution in [2.45, 2.75) is 52.0 Å². The van der Waals surface area contributed by atoms with Gasteiger partial charge in [-0.1, -0.05) is 43.7 Å². The van der Waals surface area contributed by atoms with E-state index in [1.165, 1.54) is 9.44 Å². The molecule has 0 fully saturated rings. The number of hydrogen-bond acceptors (Lipinski definition) is 6. The molecule has 2 heterocycles. The summed E-state index contributed by atoms with van der Waals surface area (Å²) in [5.41, 5.74) is 1.78. The predicted molar refractivity (Wildman–Crippen MR) is 123 cm³/mol. The lowest BCUT2D eigenvalue weighted by molar-refractivity contribution is -0.145. The molecule has 0 atom stereocenters. The molecule has 7 heteroatoms. The summed E-state index contributed by atoms with van der Waals surface area (Å²) in [7, 11) is 0. The van der Waals surface area contributed by atoms with E-state index in [-0.39, 0.29) is 18.7 Å². The molecule has 0 amide bonds. The van der Waals surface area contributed by atoms with Crippen LogP contribution in [0.5, 0.6) is 0 Å². The van der Waals surface area contributed by atoms with E-state index in [1.807, 2.05) is 30.3 Å². The minimum atomic E-state index is -0.455. The van der Waals surface area contributed by atoms with E-state index in [2.05, 4.69) is 6.92 Å². The van der Waals surface area contributed by atoms with Gasteiger partial charge in [0.2, 0.25) is 0 Å². The number of carbonyl (C=O) groups is 1. The van der Waals surface area contributed by atoms with Gasteiger partial charge in [-0.25, -0.2) is 4.98 Å². The third-order valence-corrected chi connectivity index (χ3v) is 6.71. The van der Waals surface area contributed by atoms with Crippen LogP contribution in [0.3, 0.4) is 0 Å². The van der Waals surface area contributed by atoms with Crippen molar-refractivity contribution in [1.29, 1.82) is 0 Å². The second kappa shape index (κ2) is 10.2. The molecule has 0 unspecified atom stereocenters. The number of ether oxygens (including phenoxy) is 2. The SMILES string of the molecule is CCCCOCCOC(=O)Cn1c(-c2ccccc2)nc2sc3c(c2c1=O)CCCC3. The lowest BCUT2D eigenvalue weighted by Gasteiger charge is -2.14. The van der Waals surface area contributed by atoms with Crippen molar-refractivity contribution >= 4 is 27.5 Å². The topological polar surface area (TPSA) is 70.4 Å². The first-order chi connectivity index (χ1) is 15.2. The van der Waals surface area contributed by atoms with Crippen molar-refractivity contribution in [1.82, 2.24) is 9.55 Å². The molecule has 0 N–H and O–H groups in total. The molecule has 0 saturated heterocycles. The van der Waals surface area contributed by atoms with E-state index in [9.17, 15) is 9.59 Å². The minimum Gasteiger partial charge on any atom is -0.462 e. The quantitative estimate of drug-likeness (QED) is 0.365. The van der Waals surface area contributed by atoms with Crippen LogP contribution >= 0.6 is 11.3 Å². The second-order valence-corrected chi connectivity index (χ2v) is 8.85. The molecule has 164 valence electrons. The zero-order chi connectivity index (χ0) is 21.6. The lowest BCUT2D eigenvalue weighted by Crippen LogP contribution is -2.28. The van der Waals surface area contributed by atoms with Crippen LogP contribution in [-0.2, 0) is 33.7 Å². The number of hydrogen-bond donors (Lipinski definition) is 0. The number of aromatic nitrogens is 2. The van der Waals surface area contributed by atoms with Crippen molar-refractivity contribution in [3.05, 3.63) is 51.1 Å². The van der Waals surface area contributed by atoms with Crippen LogP contribution in [-0.4, -0.2) is 35.3 Å². The third kappa shape index (κ3) is 4.88. The first kappa shape index (κ1) is 21.7. The number of thiophene rings is 1. The van der Waals surface area contributed by atoms with Gasteiger partial charge in [0.05, 0.1) is 12.0 Å². The second-order valence-electron chi connectivity index (χ2n) is 7.77. The van der Waals surface area contributed by atoms with E-state index >= 15 is 0 Å². The molecular formula is C24H28N2O4S. The number of esters is 1. The van der Waals surface area contributed by atoms with E-state index < -0.39 is 5.97 Å². The molecule has 31 heavy (non-hydrogen) atoms. The first-order valence-corrected chi connectivity index (χ1v) is 11.8.